The van der Waals surface area contributed by atoms with Crippen LogP contribution in [0.3, 0.4) is 0 Å². The van der Waals surface area contributed by atoms with E-state index in [2.05, 4.69) is 0 Å². The maximum atomic E-state index is 13.3. The Bertz CT molecular complexity index is 1240. The van der Waals surface area contributed by atoms with Crippen molar-refractivity contribution in [1.82, 2.24) is 0 Å². The summed E-state index contributed by atoms with van der Waals surface area (Å²) in [5.74, 6) is 0.971. The van der Waals surface area contributed by atoms with Gasteiger partial charge in [0.15, 0.2) is 5.78 Å². The lowest BCUT2D eigenvalue weighted by atomic mass is 9.70. The zero-order valence-electron chi connectivity index (χ0n) is 21.2. The average molecular weight is 494 g/mol. The molecule has 1 atom stereocenters. The summed E-state index contributed by atoms with van der Waals surface area (Å²) in [7, 11) is 4.44. The molecule has 0 fully saturated rings. The third-order valence-electron chi connectivity index (χ3n) is 6.46. The van der Waals surface area contributed by atoms with E-state index in [1.54, 1.807) is 20.3 Å². The molecule has 0 amide bonds. The number of methoxy groups -OCH3 is 3. The van der Waals surface area contributed by atoms with Gasteiger partial charge < -0.3 is 29.4 Å². The van der Waals surface area contributed by atoms with Gasteiger partial charge in [-0.15, -0.1) is 0 Å². The summed E-state index contributed by atoms with van der Waals surface area (Å²) >= 11 is 0. The fraction of sp³-hybridized carbons (Fsp3) is 0.357. The highest BCUT2D eigenvalue weighted by molar-refractivity contribution is 6.03. The summed E-state index contributed by atoms with van der Waals surface area (Å²) in [6, 6.07) is 12.8. The molecule has 0 bridgehead atoms. The van der Waals surface area contributed by atoms with E-state index in [0.29, 0.717) is 41.2 Å². The number of ketones is 1. The number of Topliss-reactive ketones (excluding diaryl/α,β-unsaturated/α-hetero) is 1. The van der Waals surface area contributed by atoms with Gasteiger partial charge in [0.1, 0.15) is 35.2 Å². The number of esters is 1. The molecule has 2 aliphatic rings. The third kappa shape index (κ3) is 4.89. The first-order valence-corrected chi connectivity index (χ1v) is 11.6. The number of carbonyl (C=O) groups is 2. The molecular formula is C28H31NO7. The summed E-state index contributed by atoms with van der Waals surface area (Å²) in [6.07, 6.45) is 0.871. The number of hydrogen-bond acceptors (Lipinski definition) is 8. The lowest BCUT2D eigenvalue weighted by molar-refractivity contribution is -0.136. The topological polar surface area (TPSA) is 106 Å². The van der Waals surface area contributed by atoms with Gasteiger partial charge in [-0.1, -0.05) is 26.0 Å². The number of nitrogens with two attached hydrogens (primary N) is 1. The van der Waals surface area contributed by atoms with Crippen LogP contribution in [0.1, 0.15) is 43.7 Å². The Morgan fingerprint density at radius 3 is 2.36 bits per heavy atom. The van der Waals surface area contributed by atoms with Crippen molar-refractivity contribution in [2.75, 3.05) is 21.3 Å². The minimum atomic E-state index is -0.727. The van der Waals surface area contributed by atoms with Gasteiger partial charge in [0.25, 0.3) is 0 Å². The largest absolute Gasteiger partial charge is 0.497 e. The van der Waals surface area contributed by atoms with E-state index < -0.39 is 11.9 Å². The molecule has 0 spiro atoms. The lowest BCUT2D eigenvalue weighted by Gasteiger charge is -2.38. The van der Waals surface area contributed by atoms with Crippen LogP contribution in [0.2, 0.25) is 0 Å². The van der Waals surface area contributed by atoms with E-state index in [4.69, 9.17) is 29.4 Å². The predicted molar refractivity (Wildman–Crippen MR) is 132 cm³/mol. The Balaban J connectivity index is 1.71. The number of benzene rings is 2. The van der Waals surface area contributed by atoms with Crippen LogP contribution < -0.4 is 19.9 Å². The fourth-order valence-electron chi connectivity index (χ4n) is 4.72. The van der Waals surface area contributed by atoms with Crippen molar-refractivity contribution in [2.24, 2.45) is 11.1 Å². The van der Waals surface area contributed by atoms with Gasteiger partial charge in [-0.25, -0.2) is 4.79 Å². The number of hydrogen-bond donors (Lipinski definition) is 1. The quantitative estimate of drug-likeness (QED) is 0.567. The second-order valence-corrected chi connectivity index (χ2v) is 9.62. The van der Waals surface area contributed by atoms with Crippen LogP contribution in [0.5, 0.6) is 17.2 Å². The third-order valence-corrected chi connectivity index (χ3v) is 6.46. The monoisotopic (exact) mass is 493 g/mol. The molecule has 0 radical (unpaired) electrons. The van der Waals surface area contributed by atoms with Crippen molar-refractivity contribution in [1.29, 1.82) is 0 Å². The molecule has 1 aliphatic carbocycles. The molecule has 0 aromatic heterocycles. The van der Waals surface area contributed by atoms with Crippen molar-refractivity contribution >= 4 is 11.8 Å². The highest BCUT2D eigenvalue weighted by atomic mass is 16.5. The van der Waals surface area contributed by atoms with Gasteiger partial charge in [0.2, 0.25) is 5.88 Å². The van der Waals surface area contributed by atoms with Crippen LogP contribution in [0.15, 0.2) is 65.3 Å². The van der Waals surface area contributed by atoms with Crippen LogP contribution in [0.25, 0.3) is 0 Å². The van der Waals surface area contributed by atoms with Gasteiger partial charge in [-0.05, 0) is 41.3 Å². The van der Waals surface area contributed by atoms with Crippen LogP contribution in [0, 0.1) is 5.41 Å². The molecule has 0 saturated heterocycles. The molecule has 4 rings (SSSR count). The average Bonchev–Trinajstić information content (AvgIpc) is 2.85. The van der Waals surface area contributed by atoms with Gasteiger partial charge in [0, 0.05) is 24.0 Å². The molecule has 0 unspecified atom stereocenters. The number of ether oxygens (including phenoxy) is 5. The Labute approximate surface area is 210 Å². The molecule has 1 aliphatic heterocycles. The molecule has 2 aromatic rings. The minimum absolute atomic E-state index is 0.0537. The van der Waals surface area contributed by atoms with E-state index in [1.165, 1.54) is 7.11 Å². The van der Waals surface area contributed by atoms with Crippen LogP contribution in [0.4, 0.5) is 0 Å². The molecule has 8 heteroatoms. The number of rotatable bonds is 7. The van der Waals surface area contributed by atoms with Crippen molar-refractivity contribution in [3.05, 3.63) is 76.4 Å². The normalized spacial score (nSPS) is 18.8. The smallest absolute Gasteiger partial charge is 0.340 e. The molecule has 0 saturated carbocycles. The summed E-state index contributed by atoms with van der Waals surface area (Å²) in [5, 5.41) is 0. The fourth-order valence-corrected chi connectivity index (χ4v) is 4.72. The molecule has 190 valence electrons. The van der Waals surface area contributed by atoms with Gasteiger partial charge >= 0.3 is 5.97 Å². The summed E-state index contributed by atoms with van der Waals surface area (Å²) in [4.78, 5) is 26.1. The van der Waals surface area contributed by atoms with Crippen LogP contribution in [-0.2, 0) is 25.7 Å². The minimum Gasteiger partial charge on any atom is -0.497 e. The Hall–Kier alpha value is -3.94. The molecule has 1 heterocycles. The zero-order valence-corrected chi connectivity index (χ0v) is 21.2. The van der Waals surface area contributed by atoms with Gasteiger partial charge in [-0.2, -0.15) is 0 Å². The van der Waals surface area contributed by atoms with Crippen molar-refractivity contribution in [3.63, 3.8) is 0 Å². The van der Waals surface area contributed by atoms with E-state index in [1.807, 2.05) is 50.2 Å². The molecule has 8 nitrogen and oxygen atoms in total. The summed E-state index contributed by atoms with van der Waals surface area (Å²) in [6.45, 7) is 4.26. The van der Waals surface area contributed by atoms with Crippen molar-refractivity contribution < 1.29 is 33.3 Å². The highest BCUT2D eigenvalue weighted by Gasteiger charge is 2.45. The first-order valence-electron chi connectivity index (χ1n) is 11.6. The van der Waals surface area contributed by atoms with E-state index in [9.17, 15) is 9.59 Å². The SMILES string of the molecule is COC(=O)C1=C(N)OC2=C(C(=O)CC(C)(C)C2)[C@H]1c1ccc(COc2ccc(OC)cc2)c(OC)c1. The Morgan fingerprint density at radius 2 is 1.72 bits per heavy atom. The maximum Gasteiger partial charge on any atom is 0.340 e. The first kappa shape index (κ1) is 25.2. The Kier molecular flexibility index (Phi) is 6.97. The van der Waals surface area contributed by atoms with Gasteiger partial charge in [-0.3, -0.25) is 4.79 Å². The molecule has 2 aromatic carbocycles. The molecule has 36 heavy (non-hydrogen) atoms. The van der Waals surface area contributed by atoms with Gasteiger partial charge in [0.05, 0.1) is 27.2 Å². The zero-order chi connectivity index (χ0) is 26.0. The van der Waals surface area contributed by atoms with E-state index >= 15 is 0 Å². The van der Waals surface area contributed by atoms with Crippen molar-refractivity contribution in [3.8, 4) is 17.2 Å². The maximum absolute atomic E-state index is 13.3. The van der Waals surface area contributed by atoms with Crippen LogP contribution >= 0.6 is 0 Å². The lowest BCUT2D eigenvalue weighted by Crippen LogP contribution is -2.35. The second kappa shape index (κ2) is 9.97. The number of carbonyl (C=O) groups excluding carboxylic acids is 2. The van der Waals surface area contributed by atoms with E-state index in [0.717, 1.165) is 11.3 Å². The molecule has 2 N–H and O–H groups in total. The Morgan fingerprint density at radius 1 is 1.03 bits per heavy atom. The van der Waals surface area contributed by atoms with Crippen LogP contribution in [-0.4, -0.2) is 33.1 Å². The highest BCUT2D eigenvalue weighted by Crippen LogP contribution is 2.48. The number of allylic oxidation sites excluding steroid dienone is 2. The molecular weight excluding hydrogens is 462 g/mol. The van der Waals surface area contributed by atoms with E-state index in [-0.39, 0.29) is 29.3 Å². The predicted octanol–water partition coefficient (Wildman–Crippen LogP) is 4.38. The summed E-state index contributed by atoms with van der Waals surface area (Å²) in [5.41, 5.74) is 7.95. The summed E-state index contributed by atoms with van der Waals surface area (Å²) < 4.78 is 27.6. The van der Waals surface area contributed by atoms with Crippen molar-refractivity contribution in [2.45, 2.75) is 39.2 Å². The standard InChI is InChI=1S/C28H31NO7/c1-28(2)13-20(30)24-22(14-28)36-26(29)25(27(31)34-5)23(24)16-6-7-17(21(12-16)33-4)15-35-19-10-8-18(32-3)9-11-19/h6-12,23H,13-15,29H2,1-5H3/t23-/m1/s1. The first-order chi connectivity index (χ1) is 17.2. The second-order valence-electron chi connectivity index (χ2n) is 9.62.